The second kappa shape index (κ2) is 4.21. The molecule has 1 aromatic rings. The molecule has 0 aliphatic heterocycles. The zero-order valence-corrected chi connectivity index (χ0v) is 8.08. The summed E-state index contributed by atoms with van der Waals surface area (Å²) in [6, 6.07) is 6.88. The van der Waals surface area contributed by atoms with Crippen LogP contribution < -0.4 is 0 Å². The Labute approximate surface area is 85.9 Å². The van der Waals surface area contributed by atoms with Crippen LogP contribution in [0.3, 0.4) is 0 Å². The van der Waals surface area contributed by atoms with Crippen LogP contribution in [0.2, 0.25) is 0 Å². The van der Waals surface area contributed by atoms with Crippen molar-refractivity contribution in [2.24, 2.45) is 0 Å². The summed E-state index contributed by atoms with van der Waals surface area (Å²) < 4.78 is 25.4. The van der Waals surface area contributed by atoms with E-state index in [1.807, 2.05) is 0 Å². The fourth-order valence-corrected chi connectivity index (χ4v) is 1.04. The molecule has 0 fully saturated rings. The van der Waals surface area contributed by atoms with Gasteiger partial charge in [-0.05, 0) is 24.1 Å². The van der Waals surface area contributed by atoms with Crippen molar-refractivity contribution in [3.63, 3.8) is 0 Å². The number of carbonyl (C=O) groups is 1. The largest absolute Gasteiger partial charge is 0.477 e. The van der Waals surface area contributed by atoms with Gasteiger partial charge in [-0.25, -0.2) is 4.79 Å². The van der Waals surface area contributed by atoms with Gasteiger partial charge in [-0.2, -0.15) is 8.78 Å². The van der Waals surface area contributed by atoms with Crippen molar-refractivity contribution < 1.29 is 18.7 Å². The molecular formula is C11H10F2O2. The maximum Gasteiger partial charge on any atom is 0.378 e. The summed E-state index contributed by atoms with van der Waals surface area (Å²) in [5, 5.41) is 8.19. The summed E-state index contributed by atoms with van der Waals surface area (Å²) in [4.78, 5) is 10.1. The van der Waals surface area contributed by atoms with E-state index in [1.54, 1.807) is 31.2 Å². The molecule has 0 saturated carbocycles. The SMILES string of the molecule is Cc1ccccc1C=CC(F)(F)C(=O)O. The van der Waals surface area contributed by atoms with Crippen LogP contribution in [0.4, 0.5) is 8.78 Å². The van der Waals surface area contributed by atoms with Gasteiger partial charge in [0.2, 0.25) is 0 Å². The van der Waals surface area contributed by atoms with E-state index in [0.29, 0.717) is 11.6 Å². The van der Waals surface area contributed by atoms with E-state index in [-0.39, 0.29) is 0 Å². The van der Waals surface area contributed by atoms with Gasteiger partial charge in [-0.15, -0.1) is 0 Å². The van der Waals surface area contributed by atoms with E-state index in [1.165, 1.54) is 0 Å². The summed E-state index contributed by atoms with van der Waals surface area (Å²) in [7, 11) is 0. The zero-order chi connectivity index (χ0) is 11.5. The number of carboxylic acid groups (broad SMARTS) is 1. The van der Waals surface area contributed by atoms with Crippen molar-refractivity contribution in [3.05, 3.63) is 41.5 Å². The molecule has 0 aliphatic carbocycles. The molecule has 0 bridgehead atoms. The summed E-state index contributed by atoms with van der Waals surface area (Å²) in [6.07, 6.45) is 1.50. The van der Waals surface area contributed by atoms with E-state index in [0.717, 1.165) is 11.6 Å². The lowest BCUT2D eigenvalue weighted by atomic mass is 10.1. The monoisotopic (exact) mass is 212 g/mol. The van der Waals surface area contributed by atoms with Crippen molar-refractivity contribution in [2.45, 2.75) is 12.8 Å². The van der Waals surface area contributed by atoms with Crippen LogP contribution in [0.25, 0.3) is 6.08 Å². The van der Waals surface area contributed by atoms with Crippen molar-refractivity contribution in [1.29, 1.82) is 0 Å². The molecule has 0 spiro atoms. The third kappa shape index (κ3) is 2.87. The van der Waals surface area contributed by atoms with Crippen LogP contribution in [0.15, 0.2) is 30.3 Å². The van der Waals surface area contributed by atoms with Crippen molar-refractivity contribution >= 4 is 12.0 Å². The highest BCUT2D eigenvalue weighted by atomic mass is 19.3. The van der Waals surface area contributed by atoms with Gasteiger partial charge in [-0.1, -0.05) is 30.3 Å². The molecule has 0 atom stereocenters. The maximum absolute atomic E-state index is 12.7. The quantitative estimate of drug-likeness (QED) is 0.836. The highest BCUT2D eigenvalue weighted by Gasteiger charge is 2.35. The minimum Gasteiger partial charge on any atom is -0.477 e. The van der Waals surface area contributed by atoms with Crippen LogP contribution in [0.5, 0.6) is 0 Å². The van der Waals surface area contributed by atoms with Gasteiger partial charge in [0.25, 0.3) is 0 Å². The first-order valence-corrected chi connectivity index (χ1v) is 4.29. The normalized spacial score (nSPS) is 11.9. The number of carboxylic acids is 1. The molecule has 0 aromatic heterocycles. The predicted molar refractivity (Wildman–Crippen MR) is 52.8 cm³/mol. The van der Waals surface area contributed by atoms with Crippen molar-refractivity contribution in [2.75, 3.05) is 0 Å². The van der Waals surface area contributed by atoms with E-state index in [4.69, 9.17) is 5.11 Å². The molecule has 80 valence electrons. The second-order valence-corrected chi connectivity index (χ2v) is 3.12. The molecule has 4 heteroatoms. The molecule has 0 saturated heterocycles. The summed E-state index contributed by atoms with van der Waals surface area (Å²) in [5.74, 6) is -5.96. The fourth-order valence-electron chi connectivity index (χ4n) is 1.04. The summed E-state index contributed by atoms with van der Waals surface area (Å²) in [6.45, 7) is 1.76. The molecular weight excluding hydrogens is 202 g/mol. The van der Waals surface area contributed by atoms with E-state index in [2.05, 4.69) is 0 Å². The van der Waals surface area contributed by atoms with Crippen LogP contribution in [0.1, 0.15) is 11.1 Å². The second-order valence-electron chi connectivity index (χ2n) is 3.12. The first-order chi connectivity index (χ1) is 6.93. The molecule has 0 heterocycles. The molecule has 1 rings (SSSR count). The van der Waals surface area contributed by atoms with Crippen LogP contribution in [-0.2, 0) is 4.79 Å². The van der Waals surface area contributed by atoms with Gasteiger partial charge in [0.15, 0.2) is 0 Å². The lowest BCUT2D eigenvalue weighted by molar-refractivity contribution is -0.157. The Morgan fingerprint density at radius 1 is 1.40 bits per heavy atom. The van der Waals surface area contributed by atoms with Crippen molar-refractivity contribution in [1.82, 2.24) is 0 Å². The summed E-state index contributed by atoms with van der Waals surface area (Å²) in [5.41, 5.74) is 1.40. The van der Waals surface area contributed by atoms with Gasteiger partial charge in [0.1, 0.15) is 0 Å². The Hall–Kier alpha value is -1.71. The predicted octanol–water partition coefficient (Wildman–Crippen LogP) is 2.73. The number of hydrogen-bond donors (Lipinski definition) is 1. The molecule has 0 amide bonds. The average molecular weight is 212 g/mol. The molecule has 15 heavy (non-hydrogen) atoms. The number of aliphatic carboxylic acids is 1. The first kappa shape index (κ1) is 11.4. The van der Waals surface area contributed by atoms with Crippen LogP contribution in [-0.4, -0.2) is 17.0 Å². The third-order valence-electron chi connectivity index (χ3n) is 1.95. The fraction of sp³-hybridized carbons (Fsp3) is 0.182. The van der Waals surface area contributed by atoms with E-state index in [9.17, 15) is 13.6 Å². The van der Waals surface area contributed by atoms with Gasteiger partial charge in [-0.3, -0.25) is 0 Å². The molecule has 0 radical (unpaired) electrons. The number of rotatable bonds is 3. The summed E-state index contributed by atoms with van der Waals surface area (Å²) >= 11 is 0. The third-order valence-corrected chi connectivity index (χ3v) is 1.95. The molecule has 0 unspecified atom stereocenters. The van der Waals surface area contributed by atoms with Crippen LogP contribution in [0, 0.1) is 6.92 Å². The van der Waals surface area contributed by atoms with Gasteiger partial charge in [0.05, 0.1) is 0 Å². The number of halogens is 2. The molecule has 2 nitrogen and oxygen atoms in total. The number of alkyl halides is 2. The van der Waals surface area contributed by atoms with Gasteiger partial charge < -0.3 is 5.11 Å². The van der Waals surface area contributed by atoms with E-state index < -0.39 is 11.9 Å². The highest BCUT2D eigenvalue weighted by Crippen LogP contribution is 2.18. The van der Waals surface area contributed by atoms with Crippen molar-refractivity contribution in [3.8, 4) is 0 Å². The minimum absolute atomic E-state index is 0.387. The highest BCUT2D eigenvalue weighted by molar-refractivity contribution is 5.79. The molecule has 1 N–H and O–H groups in total. The van der Waals surface area contributed by atoms with Gasteiger partial charge in [0, 0.05) is 0 Å². The topological polar surface area (TPSA) is 37.3 Å². The molecule has 0 aliphatic rings. The average Bonchev–Trinajstić information content (AvgIpc) is 2.16. The Morgan fingerprint density at radius 2 is 2.00 bits per heavy atom. The lowest BCUT2D eigenvalue weighted by Crippen LogP contribution is -2.24. The smallest absolute Gasteiger partial charge is 0.378 e. The molecule has 1 aromatic carbocycles. The zero-order valence-electron chi connectivity index (χ0n) is 8.08. The maximum atomic E-state index is 12.7. The lowest BCUT2D eigenvalue weighted by Gasteiger charge is -2.05. The number of hydrogen-bond acceptors (Lipinski definition) is 1. The van der Waals surface area contributed by atoms with E-state index >= 15 is 0 Å². The number of benzene rings is 1. The minimum atomic E-state index is -3.82. The van der Waals surface area contributed by atoms with Crippen LogP contribution >= 0.6 is 0 Å². The Kier molecular flexibility index (Phi) is 3.19. The Morgan fingerprint density at radius 3 is 2.53 bits per heavy atom. The number of aryl methyl sites for hydroxylation is 1. The first-order valence-electron chi connectivity index (χ1n) is 4.29. The Bertz CT molecular complexity index is 397. The Balaban J connectivity index is 2.92. The van der Waals surface area contributed by atoms with Gasteiger partial charge >= 0.3 is 11.9 Å². The standard InChI is InChI=1S/C11H10F2O2/c1-8-4-2-3-5-9(8)6-7-11(12,13)10(14)15/h2-7H,1H3,(H,14,15).